The first-order valence-corrected chi connectivity index (χ1v) is 7.96. The first-order chi connectivity index (χ1) is 8.85. The standard InChI is InChI=1S/C14H20N2OS/c1-15-7-12-13(8-2-3-8)16-14(18-12)10-6-9-4-5-11(10)17-9/h8-11,15H,2-7H2,1H3. The van der Waals surface area contributed by atoms with Crippen molar-refractivity contribution in [3.05, 3.63) is 15.6 Å². The lowest BCUT2D eigenvalue weighted by atomic mass is 9.90. The Bertz CT molecular complexity index is 455. The zero-order chi connectivity index (χ0) is 12.1. The summed E-state index contributed by atoms with van der Waals surface area (Å²) < 4.78 is 5.98. The van der Waals surface area contributed by atoms with Crippen LogP contribution in [0, 0.1) is 0 Å². The fourth-order valence-electron chi connectivity index (χ4n) is 3.40. The van der Waals surface area contributed by atoms with E-state index >= 15 is 0 Å². The molecule has 1 N–H and O–H groups in total. The summed E-state index contributed by atoms with van der Waals surface area (Å²) in [5, 5.41) is 4.64. The molecule has 3 atom stereocenters. The van der Waals surface area contributed by atoms with Gasteiger partial charge in [0.15, 0.2) is 0 Å². The monoisotopic (exact) mass is 264 g/mol. The molecule has 0 radical (unpaired) electrons. The molecule has 3 unspecified atom stereocenters. The summed E-state index contributed by atoms with van der Waals surface area (Å²) in [6.07, 6.45) is 7.40. The van der Waals surface area contributed by atoms with Crippen LogP contribution in [0.5, 0.6) is 0 Å². The highest BCUT2D eigenvalue weighted by atomic mass is 32.1. The number of aromatic nitrogens is 1. The molecule has 1 saturated carbocycles. The summed E-state index contributed by atoms with van der Waals surface area (Å²) >= 11 is 1.94. The molecule has 2 aliphatic heterocycles. The molecule has 18 heavy (non-hydrogen) atoms. The minimum Gasteiger partial charge on any atom is -0.374 e. The highest BCUT2D eigenvalue weighted by molar-refractivity contribution is 7.11. The van der Waals surface area contributed by atoms with Gasteiger partial charge in [-0.2, -0.15) is 0 Å². The van der Waals surface area contributed by atoms with Gasteiger partial charge in [-0.25, -0.2) is 4.98 Å². The summed E-state index contributed by atoms with van der Waals surface area (Å²) in [5.74, 6) is 1.36. The number of fused-ring (bicyclic) bond motifs is 2. The summed E-state index contributed by atoms with van der Waals surface area (Å²) in [6, 6.07) is 0. The molecule has 0 amide bonds. The quantitative estimate of drug-likeness (QED) is 0.908. The van der Waals surface area contributed by atoms with E-state index in [1.165, 1.54) is 47.7 Å². The molecule has 1 aliphatic carbocycles. The smallest absolute Gasteiger partial charge is 0.0989 e. The molecule has 2 bridgehead atoms. The first kappa shape index (κ1) is 11.4. The molecule has 2 saturated heterocycles. The average Bonchev–Trinajstić information content (AvgIpc) is 2.85. The van der Waals surface area contributed by atoms with E-state index in [-0.39, 0.29) is 0 Å². The van der Waals surface area contributed by atoms with Crippen LogP contribution in [0.3, 0.4) is 0 Å². The van der Waals surface area contributed by atoms with Gasteiger partial charge in [0.05, 0.1) is 22.9 Å². The Labute approximate surface area is 112 Å². The maximum absolute atomic E-state index is 5.98. The Hall–Kier alpha value is -0.450. The van der Waals surface area contributed by atoms with Crippen LogP contribution in [-0.2, 0) is 11.3 Å². The summed E-state index contributed by atoms with van der Waals surface area (Å²) in [6.45, 7) is 0.977. The predicted molar refractivity (Wildman–Crippen MR) is 72.1 cm³/mol. The topological polar surface area (TPSA) is 34.1 Å². The highest BCUT2D eigenvalue weighted by Crippen LogP contribution is 2.48. The fraction of sp³-hybridized carbons (Fsp3) is 0.786. The first-order valence-electron chi connectivity index (χ1n) is 7.14. The van der Waals surface area contributed by atoms with E-state index in [9.17, 15) is 0 Å². The molecular weight excluding hydrogens is 244 g/mol. The number of hydrogen-bond acceptors (Lipinski definition) is 4. The predicted octanol–water partition coefficient (Wildman–Crippen LogP) is 2.77. The Morgan fingerprint density at radius 3 is 2.83 bits per heavy atom. The number of hydrogen-bond donors (Lipinski definition) is 1. The minimum absolute atomic E-state index is 0.468. The number of nitrogens with one attached hydrogen (secondary N) is 1. The molecule has 3 heterocycles. The highest BCUT2D eigenvalue weighted by Gasteiger charge is 2.43. The van der Waals surface area contributed by atoms with Crippen LogP contribution in [-0.4, -0.2) is 24.2 Å². The average molecular weight is 264 g/mol. The third kappa shape index (κ3) is 1.82. The molecule has 3 fully saturated rings. The second kappa shape index (κ2) is 4.29. The fourth-order valence-corrected chi connectivity index (χ4v) is 4.73. The number of ether oxygens (including phenoxy) is 1. The van der Waals surface area contributed by atoms with Crippen molar-refractivity contribution >= 4 is 11.3 Å². The van der Waals surface area contributed by atoms with Gasteiger partial charge >= 0.3 is 0 Å². The second-order valence-electron chi connectivity index (χ2n) is 5.88. The Kier molecular flexibility index (Phi) is 2.71. The van der Waals surface area contributed by atoms with Gasteiger partial charge in [-0.3, -0.25) is 0 Å². The van der Waals surface area contributed by atoms with Crippen LogP contribution in [0.15, 0.2) is 0 Å². The van der Waals surface area contributed by atoms with Crippen molar-refractivity contribution in [1.82, 2.24) is 10.3 Å². The molecule has 4 rings (SSSR count). The Morgan fingerprint density at radius 1 is 1.33 bits per heavy atom. The van der Waals surface area contributed by atoms with Gasteiger partial charge in [0.2, 0.25) is 0 Å². The number of nitrogens with zero attached hydrogens (tertiary/aromatic N) is 1. The number of rotatable bonds is 4. The van der Waals surface area contributed by atoms with Crippen LogP contribution in [0.1, 0.15) is 59.5 Å². The second-order valence-corrected chi connectivity index (χ2v) is 7.00. The minimum atomic E-state index is 0.468. The number of thiazole rings is 1. The van der Waals surface area contributed by atoms with Crippen molar-refractivity contribution in [3.63, 3.8) is 0 Å². The van der Waals surface area contributed by atoms with Gasteiger partial charge in [-0.15, -0.1) is 11.3 Å². The van der Waals surface area contributed by atoms with Crippen molar-refractivity contribution in [1.29, 1.82) is 0 Å². The maximum atomic E-state index is 5.98. The van der Waals surface area contributed by atoms with Crippen molar-refractivity contribution in [2.24, 2.45) is 0 Å². The Balaban J connectivity index is 1.62. The lowest BCUT2D eigenvalue weighted by Gasteiger charge is -2.15. The van der Waals surface area contributed by atoms with Crippen molar-refractivity contribution in [2.45, 2.75) is 62.7 Å². The van der Waals surface area contributed by atoms with Gasteiger partial charge in [-0.1, -0.05) is 0 Å². The molecule has 4 heteroatoms. The van der Waals surface area contributed by atoms with Crippen molar-refractivity contribution < 1.29 is 4.74 Å². The molecular formula is C14H20N2OS. The van der Waals surface area contributed by atoms with E-state index in [4.69, 9.17) is 9.72 Å². The summed E-state index contributed by atoms with van der Waals surface area (Å²) in [7, 11) is 2.02. The van der Waals surface area contributed by atoms with E-state index in [2.05, 4.69) is 5.32 Å². The zero-order valence-corrected chi connectivity index (χ0v) is 11.6. The van der Waals surface area contributed by atoms with Crippen LogP contribution in [0.2, 0.25) is 0 Å². The van der Waals surface area contributed by atoms with Gasteiger partial charge in [-0.05, 0) is 39.2 Å². The van der Waals surface area contributed by atoms with E-state index < -0.39 is 0 Å². The van der Waals surface area contributed by atoms with Gasteiger partial charge in [0.1, 0.15) is 0 Å². The van der Waals surface area contributed by atoms with Crippen LogP contribution >= 0.6 is 11.3 Å². The molecule has 98 valence electrons. The molecule has 0 aromatic carbocycles. The van der Waals surface area contributed by atoms with Crippen molar-refractivity contribution in [3.8, 4) is 0 Å². The molecule has 0 spiro atoms. The molecule has 1 aromatic rings. The maximum Gasteiger partial charge on any atom is 0.0989 e. The van der Waals surface area contributed by atoms with Crippen molar-refractivity contribution in [2.75, 3.05) is 7.05 Å². The van der Waals surface area contributed by atoms with Gasteiger partial charge in [0, 0.05) is 23.3 Å². The normalized spacial score (nSPS) is 34.4. The lowest BCUT2D eigenvalue weighted by molar-refractivity contribution is 0.100. The lowest BCUT2D eigenvalue weighted by Crippen LogP contribution is -2.14. The zero-order valence-electron chi connectivity index (χ0n) is 10.8. The Morgan fingerprint density at radius 2 is 2.22 bits per heavy atom. The summed E-state index contributed by atoms with van der Waals surface area (Å²) in [5.41, 5.74) is 1.40. The largest absolute Gasteiger partial charge is 0.374 e. The molecule has 3 nitrogen and oxygen atoms in total. The van der Waals surface area contributed by atoms with Gasteiger partial charge in [0.25, 0.3) is 0 Å². The van der Waals surface area contributed by atoms with E-state index in [0.29, 0.717) is 18.1 Å². The van der Waals surface area contributed by atoms with Crippen LogP contribution < -0.4 is 5.32 Å². The molecule has 1 aromatic heterocycles. The molecule has 3 aliphatic rings. The SMILES string of the molecule is CNCc1sc(C2CC3CCC2O3)nc1C1CC1. The van der Waals surface area contributed by atoms with Crippen LogP contribution in [0.4, 0.5) is 0 Å². The third-order valence-electron chi connectivity index (χ3n) is 4.47. The van der Waals surface area contributed by atoms with E-state index in [1.54, 1.807) is 0 Å². The third-order valence-corrected chi connectivity index (χ3v) is 5.67. The van der Waals surface area contributed by atoms with Crippen LogP contribution in [0.25, 0.3) is 0 Å². The van der Waals surface area contributed by atoms with E-state index in [1.807, 2.05) is 18.4 Å². The van der Waals surface area contributed by atoms with Gasteiger partial charge < -0.3 is 10.1 Å². The van der Waals surface area contributed by atoms with E-state index in [0.717, 1.165) is 12.5 Å². The summed E-state index contributed by atoms with van der Waals surface area (Å²) in [4.78, 5) is 6.46.